The van der Waals surface area contributed by atoms with Crippen LogP contribution in [0.5, 0.6) is 11.5 Å². The lowest BCUT2D eigenvalue weighted by atomic mass is 9.96. The molecule has 0 N–H and O–H groups in total. The lowest BCUT2D eigenvalue weighted by molar-refractivity contribution is -0.139. The van der Waals surface area contributed by atoms with Gasteiger partial charge in [-0.05, 0) is 106 Å². The largest absolute Gasteiger partial charge is 0.497 e. The van der Waals surface area contributed by atoms with E-state index in [9.17, 15) is 9.59 Å². The Morgan fingerprint density at radius 1 is 1.07 bits per heavy atom. The van der Waals surface area contributed by atoms with E-state index in [0.29, 0.717) is 33.0 Å². The van der Waals surface area contributed by atoms with Crippen molar-refractivity contribution in [1.82, 2.24) is 4.57 Å². The molecule has 0 fully saturated rings. The van der Waals surface area contributed by atoms with E-state index in [1.54, 1.807) is 25.5 Å². The Morgan fingerprint density at radius 3 is 2.39 bits per heavy atom. The first-order chi connectivity index (χ1) is 19.8. The third-order valence-corrected chi connectivity index (χ3v) is 9.08. The molecule has 2 heterocycles. The van der Waals surface area contributed by atoms with Crippen LogP contribution in [0.25, 0.3) is 6.08 Å². The second-order valence-corrected chi connectivity index (χ2v) is 12.5. The van der Waals surface area contributed by atoms with Crippen LogP contribution in [0, 0.1) is 7.14 Å². The van der Waals surface area contributed by atoms with E-state index in [0.717, 1.165) is 29.6 Å². The Kier molecular flexibility index (Phi) is 9.29. The lowest BCUT2D eigenvalue weighted by Crippen LogP contribution is -2.39. The molecule has 1 atom stereocenters. The molecule has 1 aliphatic heterocycles. The van der Waals surface area contributed by atoms with Gasteiger partial charge in [-0.25, -0.2) is 9.79 Å². The molecule has 1 aliphatic rings. The number of fused-ring (bicyclic) bond motifs is 1. The maximum Gasteiger partial charge on any atom is 0.338 e. The maximum absolute atomic E-state index is 13.9. The zero-order valence-electron chi connectivity index (χ0n) is 22.5. The van der Waals surface area contributed by atoms with Gasteiger partial charge < -0.3 is 14.2 Å². The summed E-state index contributed by atoms with van der Waals surface area (Å²) in [5.41, 5.74) is 3.38. The number of methoxy groups -OCH3 is 1. The molecule has 0 saturated heterocycles. The van der Waals surface area contributed by atoms with Gasteiger partial charge in [0.05, 0.1) is 42.7 Å². The summed E-state index contributed by atoms with van der Waals surface area (Å²) in [7, 11) is 1.59. The minimum absolute atomic E-state index is 0.220. The van der Waals surface area contributed by atoms with Gasteiger partial charge in [0.25, 0.3) is 5.56 Å². The van der Waals surface area contributed by atoms with Crippen molar-refractivity contribution in [2.24, 2.45) is 4.99 Å². The Balaban J connectivity index is 1.56. The molecule has 5 rings (SSSR count). The van der Waals surface area contributed by atoms with Crippen molar-refractivity contribution in [3.05, 3.63) is 122 Å². The molecule has 1 aromatic heterocycles. The highest BCUT2D eigenvalue weighted by atomic mass is 127. The summed E-state index contributed by atoms with van der Waals surface area (Å²) < 4.78 is 20.8. The fourth-order valence-corrected chi connectivity index (χ4v) is 7.75. The second-order valence-electron chi connectivity index (χ2n) is 9.16. The van der Waals surface area contributed by atoms with Crippen molar-refractivity contribution < 1.29 is 19.0 Å². The number of hydrogen-bond donors (Lipinski definition) is 0. The first-order valence-electron chi connectivity index (χ1n) is 12.8. The highest BCUT2D eigenvalue weighted by molar-refractivity contribution is 14.1. The standard InChI is InChI=1S/C31H26I2N2O5S/c1-4-39-30(37)26-18(2)34-31-35(27(26)21-10-12-22(38-3)13-11-21)29(36)25(41-31)16-20-14-23(32)28(24(33)15-20)40-17-19-8-6-5-7-9-19/h5-16,27H,4,17H2,1-3H3/b25-16-/t27-/m0/s1. The maximum atomic E-state index is 13.9. The van der Waals surface area contributed by atoms with Crippen LogP contribution in [0.15, 0.2) is 87.8 Å². The van der Waals surface area contributed by atoms with Crippen molar-refractivity contribution in [3.8, 4) is 11.5 Å². The molecule has 0 aliphatic carbocycles. The highest BCUT2D eigenvalue weighted by Gasteiger charge is 2.33. The number of thiazole rings is 1. The van der Waals surface area contributed by atoms with Gasteiger partial charge in [-0.2, -0.15) is 0 Å². The predicted molar refractivity (Wildman–Crippen MR) is 176 cm³/mol. The Morgan fingerprint density at radius 2 is 1.76 bits per heavy atom. The number of hydrogen-bond acceptors (Lipinski definition) is 7. The number of esters is 1. The zero-order chi connectivity index (χ0) is 29.1. The summed E-state index contributed by atoms with van der Waals surface area (Å²) in [6, 6.07) is 20.7. The number of nitrogens with zero attached hydrogens (tertiary/aromatic N) is 2. The highest BCUT2D eigenvalue weighted by Crippen LogP contribution is 2.32. The summed E-state index contributed by atoms with van der Waals surface area (Å²) in [5.74, 6) is 1.00. The van der Waals surface area contributed by atoms with Crippen molar-refractivity contribution in [2.75, 3.05) is 13.7 Å². The smallest absolute Gasteiger partial charge is 0.338 e. The van der Waals surface area contributed by atoms with Gasteiger partial charge in [-0.3, -0.25) is 9.36 Å². The fraction of sp³-hybridized carbons (Fsp3) is 0.194. The zero-order valence-corrected chi connectivity index (χ0v) is 27.7. The summed E-state index contributed by atoms with van der Waals surface area (Å²) in [6.07, 6.45) is 1.86. The Labute approximate surface area is 268 Å². The molecule has 0 radical (unpaired) electrons. The SMILES string of the molecule is CCOC(=O)C1=C(C)N=c2s/c(=C\c3cc(I)c(OCc4ccccc4)c(I)c3)c(=O)n2[C@H]1c1ccc(OC)cc1. The van der Waals surface area contributed by atoms with Crippen molar-refractivity contribution in [2.45, 2.75) is 26.5 Å². The molecule has 0 bridgehead atoms. The van der Waals surface area contributed by atoms with Gasteiger partial charge in [0.15, 0.2) is 4.80 Å². The van der Waals surface area contributed by atoms with Gasteiger partial charge in [0, 0.05) is 0 Å². The van der Waals surface area contributed by atoms with E-state index in [1.165, 1.54) is 11.3 Å². The van der Waals surface area contributed by atoms with Crippen molar-refractivity contribution in [1.29, 1.82) is 0 Å². The lowest BCUT2D eigenvalue weighted by Gasteiger charge is -2.24. The van der Waals surface area contributed by atoms with E-state index in [2.05, 4.69) is 50.2 Å². The van der Waals surface area contributed by atoms with Gasteiger partial charge >= 0.3 is 5.97 Å². The van der Waals surface area contributed by atoms with Crippen LogP contribution in [0.2, 0.25) is 0 Å². The molecule has 0 saturated carbocycles. The topological polar surface area (TPSA) is 79.1 Å². The van der Waals surface area contributed by atoms with Crippen LogP contribution in [0.3, 0.4) is 0 Å². The third kappa shape index (κ3) is 6.28. The van der Waals surface area contributed by atoms with Gasteiger partial charge in [-0.15, -0.1) is 0 Å². The molecule has 0 unspecified atom stereocenters. The van der Waals surface area contributed by atoms with E-state index in [1.807, 2.05) is 72.8 Å². The molecule has 210 valence electrons. The average molecular weight is 792 g/mol. The van der Waals surface area contributed by atoms with Crippen LogP contribution in [0.4, 0.5) is 0 Å². The van der Waals surface area contributed by atoms with Gasteiger partial charge in [0.1, 0.15) is 18.1 Å². The minimum atomic E-state index is -0.674. The number of rotatable bonds is 8. The minimum Gasteiger partial charge on any atom is -0.497 e. The number of halogens is 2. The molecule has 4 aromatic rings. The number of ether oxygens (including phenoxy) is 3. The van der Waals surface area contributed by atoms with Crippen LogP contribution in [-0.4, -0.2) is 24.3 Å². The molecule has 0 amide bonds. The third-order valence-electron chi connectivity index (χ3n) is 6.49. The van der Waals surface area contributed by atoms with Crippen LogP contribution < -0.4 is 24.4 Å². The summed E-state index contributed by atoms with van der Waals surface area (Å²) >= 11 is 5.82. The summed E-state index contributed by atoms with van der Waals surface area (Å²) in [6.45, 7) is 4.22. The molecular formula is C31H26I2N2O5S. The molecule has 7 nitrogen and oxygen atoms in total. The number of carbonyl (C=O) groups excluding carboxylic acids is 1. The molecular weight excluding hydrogens is 766 g/mol. The normalized spacial score (nSPS) is 14.9. The van der Waals surface area contributed by atoms with E-state index in [-0.39, 0.29) is 12.2 Å². The monoisotopic (exact) mass is 792 g/mol. The average Bonchev–Trinajstić information content (AvgIpc) is 3.26. The second kappa shape index (κ2) is 12.9. The summed E-state index contributed by atoms with van der Waals surface area (Å²) in [4.78, 5) is 32.2. The van der Waals surface area contributed by atoms with Crippen molar-refractivity contribution in [3.63, 3.8) is 0 Å². The molecule has 3 aromatic carbocycles. The molecule has 10 heteroatoms. The van der Waals surface area contributed by atoms with Crippen molar-refractivity contribution >= 4 is 68.6 Å². The first kappa shape index (κ1) is 29.5. The Hall–Kier alpha value is -2.97. The predicted octanol–water partition coefficient (Wildman–Crippen LogP) is 5.60. The number of benzene rings is 3. The van der Waals surface area contributed by atoms with Crippen LogP contribution >= 0.6 is 56.5 Å². The Bertz CT molecular complexity index is 1790. The number of aromatic nitrogens is 1. The van der Waals surface area contributed by atoms with Gasteiger partial charge in [0.2, 0.25) is 0 Å². The number of allylic oxidation sites excluding steroid dienone is 1. The van der Waals surface area contributed by atoms with Gasteiger partial charge in [-0.1, -0.05) is 53.8 Å². The quantitative estimate of drug-likeness (QED) is 0.172. The summed E-state index contributed by atoms with van der Waals surface area (Å²) in [5, 5.41) is 0. The van der Waals surface area contributed by atoms with E-state index in [4.69, 9.17) is 14.2 Å². The molecule has 0 spiro atoms. The van der Waals surface area contributed by atoms with Crippen LogP contribution in [-0.2, 0) is 16.1 Å². The molecule has 41 heavy (non-hydrogen) atoms. The fourth-order valence-electron chi connectivity index (χ4n) is 4.57. The van der Waals surface area contributed by atoms with E-state index < -0.39 is 12.0 Å². The van der Waals surface area contributed by atoms with Crippen LogP contribution in [0.1, 0.15) is 36.6 Å². The number of carbonyl (C=O) groups is 1. The first-order valence-corrected chi connectivity index (χ1v) is 15.8. The van der Waals surface area contributed by atoms with E-state index >= 15 is 0 Å².